The minimum atomic E-state index is -1.04. The monoisotopic (exact) mass is 265 g/mol. The Labute approximate surface area is 110 Å². The van der Waals surface area contributed by atoms with E-state index in [1.54, 1.807) is 0 Å². The average molecular weight is 265 g/mol. The molecular formula is C12H15N3O4. The van der Waals surface area contributed by atoms with Crippen molar-refractivity contribution in [3.8, 4) is 0 Å². The lowest BCUT2D eigenvalue weighted by atomic mass is 10.2. The Balaban J connectivity index is 2.39. The Morgan fingerprint density at radius 1 is 1.32 bits per heavy atom. The summed E-state index contributed by atoms with van der Waals surface area (Å²) in [6, 6.07) is 2.78. The molecule has 0 radical (unpaired) electrons. The quantitative estimate of drug-likeness (QED) is 0.666. The van der Waals surface area contributed by atoms with Gasteiger partial charge in [-0.3, -0.25) is 14.6 Å². The van der Waals surface area contributed by atoms with Gasteiger partial charge in [-0.05, 0) is 12.1 Å². The van der Waals surface area contributed by atoms with Gasteiger partial charge in [-0.15, -0.1) is 0 Å². The van der Waals surface area contributed by atoms with E-state index in [9.17, 15) is 14.4 Å². The van der Waals surface area contributed by atoms with Crippen molar-refractivity contribution in [3.05, 3.63) is 29.6 Å². The lowest BCUT2D eigenvalue weighted by Crippen LogP contribution is -2.29. The molecule has 2 amide bonds. The number of pyridine rings is 1. The predicted molar refractivity (Wildman–Crippen MR) is 66.3 cm³/mol. The fourth-order valence-electron chi connectivity index (χ4n) is 1.34. The largest absolute Gasteiger partial charge is 0.478 e. The van der Waals surface area contributed by atoms with Crippen LogP contribution in [0.3, 0.4) is 0 Å². The molecule has 0 saturated carbocycles. The summed E-state index contributed by atoms with van der Waals surface area (Å²) in [6.45, 7) is 1.79. The Morgan fingerprint density at radius 3 is 2.68 bits per heavy atom. The lowest BCUT2D eigenvalue weighted by molar-refractivity contribution is -0.121. The average Bonchev–Trinajstić information content (AvgIpc) is 2.36. The van der Waals surface area contributed by atoms with Crippen LogP contribution in [0.15, 0.2) is 18.3 Å². The number of rotatable bonds is 6. The SMILES string of the molecule is CC(=O)NCCC(=O)NCc1cc(C(=O)O)ccn1. The van der Waals surface area contributed by atoms with Gasteiger partial charge in [0, 0.05) is 26.1 Å². The number of carboxylic acids is 1. The molecule has 0 aromatic carbocycles. The molecule has 1 aromatic heterocycles. The Kier molecular flexibility index (Phi) is 5.46. The van der Waals surface area contributed by atoms with Crippen LogP contribution in [0.25, 0.3) is 0 Å². The van der Waals surface area contributed by atoms with Crippen molar-refractivity contribution in [2.75, 3.05) is 6.54 Å². The van der Waals surface area contributed by atoms with Crippen molar-refractivity contribution < 1.29 is 19.5 Å². The van der Waals surface area contributed by atoms with Gasteiger partial charge in [0.1, 0.15) is 0 Å². The summed E-state index contributed by atoms with van der Waals surface area (Å²) in [4.78, 5) is 36.7. The van der Waals surface area contributed by atoms with Crippen molar-refractivity contribution in [3.63, 3.8) is 0 Å². The van der Waals surface area contributed by atoms with Crippen LogP contribution in [0, 0.1) is 0 Å². The molecule has 0 unspecified atom stereocenters. The first-order chi connectivity index (χ1) is 8.99. The third-order valence-electron chi connectivity index (χ3n) is 2.26. The number of carbonyl (C=O) groups is 3. The number of hydrogen-bond donors (Lipinski definition) is 3. The van der Waals surface area contributed by atoms with Gasteiger partial charge in [-0.25, -0.2) is 4.79 Å². The molecule has 0 fully saturated rings. The maximum absolute atomic E-state index is 11.4. The van der Waals surface area contributed by atoms with E-state index in [1.165, 1.54) is 25.3 Å². The Bertz CT molecular complexity index is 488. The second-order valence-electron chi connectivity index (χ2n) is 3.85. The Hall–Kier alpha value is -2.44. The minimum Gasteiger partial charge on any atom is -0.478 e. The van der Waals surface area contributed by atoms with Crippen molar-refractivity contribution in [1.82, 2.24) is 15.6 Å². The van der Waals surface area contributed by atoms with Crippen LogP contribution >= 0.6 is 0 Å². The van der Waals surface area contributed by atoms with E-state index in [0.29, 0.717) is 5.69 Å². The van der Waals surface area contributed by atoms with Crippen LogP contribution in [-0.4, -0.2) is 34.4 Å². The van der Waals surface area contributed by atoms with Crippen LogP contribution < -0.4 is 10.6 Å². The van der Waals surface area contributed by atoms with E-state index in [4.69, 9.17) is 5.11 Å². The highest BCUT2D eigenvalue weighted by molar-refractivity contribution is 5.87. The number of nitrogens with one attached hydrogen (secondary N) is 2. The number of carbonyl (C=O) groups excluding carboxylic acids is 2. The van der Waals surface area contributed by atoms with E-state index < -0.39 is 5.97 Å². The number of amides is 2. The zero-order valence-corrected chi connectivity index (χ0v) is 10.5. The first-order valence-electron chi connectivity index (χ1n) is 5.68. The second-order valence-corrected chi connectivity index (χ2v) is 3.85. The van der Waals surface area contributed by atoms with Gasteiger partial charge in [0.25, 0.3) is 0 Å². The number of aromatic carboxylic acids is 1. The summed E-state index contributed by atoms with van der Waals surface area (Å²) in [5.74, 6) is -1.47. The maximum atomic E-state index is 11.4. The normalized spacial score (nSPS) is 9.74. The standard InChI is InChI=1S/C12H15N3O4/c1-8(16)13-5-3-11(17)15-7-10-6-9(12(18)19)2-4-14-10/h2,4,6H,3,5,7H2,1H3,(H,13,16)(H,15,17)(H,18,19). The smallest absolute Gasteiger partial charge is 0.335 e. The Morgan fingerprint density at radius 2 is 2.05 bits per heavy atom. The molecule has 0 bridgehead atoms. The fraction of sp³-hybridized carbons (Fsp3) is 0.333. The van der Waals surface area contributed by atoms with Crippen molar-refractivity contribution in [2.45, 2.75) is 19.9 Å². The molecule has 1 rings (SSSR count). The summed E-state index contributed by atoms with van der Waals surface area (Å²) in [5, 5.41) is 13.9. The van der Waals surface area contributed by atoms with Gasteiger partial charge in [-0.1, -0.05) is 0 Å². The predicted octanol–water partition coefficient (Wildman–Crippen LogP) is -0.0778. The van der Waals surface area contributed by atoms with Gasteiger partial charge < -0.3 is 15.7 Å². The lowest BCUT2D eigenvalue weighted by Gasteiger charge is -2.05. The summed E-state index contributed by atoms with van der Waals surface area (Å²) in [7, 11) is 0. The molecule has 7 nitrogen and oxygen atoms in total. The number of hydrogen-bond acceptors (Lipinski definition) is 4. The van der Waals surface area contributed by atoms with Crippen LogP contribution in [0.4, 0.5) is 0 Å². The van der Waals surface area contributed by atoms with Crippen LogP contribution in [0.1, 0.15) is 29.4 Å². The molecule has 0 aliphatic rings. The maximum Gasteiger partial charge on any atom is 0.335 e. The molecule has 0 aliphatic heterocycles. The topological polar surface area (TPSA) is 108 Å². The van der Waals surface area contributed by atoms with Crippen molar-refractivity contribution in [1.29, 1.82) is 0 Å². The number of carboxylic acid groups (broad SMARTS) is 1. The van der Waals surface area contributed by atoms with Crippen molar-refractivity contribution >= 4 is 17.8 Å². The first-order valence-corrected chi connectivity index (χ1v) is 5.68. The van der Waals surface area contributed by atoms with Crippen LogP contribution in [0.5, 0.6) is 0 Å². The summed E-state index contributed by atoms with van der Waals surface area (Å²) in [5.41, 5.74) is 0.588. The second kappa shape index (κ2) is 7.10. The molecule has 0 spiro atoms. The van der Waals surface area contributed by atoms with Gasteiger partial charge in [-0.2, -0.15) is 0 Å². The molecule has 7 heteroatoms. The van der Waals surface area contributed by atoms with Crippen LogP contribution in [0.2, 0.25) is 0 Å². The molecule has 0 saturated heterocycles. The van der Waals surface area contributed by atoms with E-state index >= 15 is 0 Å². The van der Waals surface area contributed by atoms with Gasteiger partial charge in [0.15, 0.2) is 0 Å². The molecular weight excluding hydrogens is 250 g/mol. The number of aromatic nitrogens is 1. The highest BCUT2D eigenvalue weighted by Crippen LogP contribution is 2.01. The molecule has 0 atom stereocenters. The van der Waals surface area contributed by atoms with E-state index in [-0.39, 0.29) is 36.9 Å². The van der Waals surface area contributed by atoms with Gasteiger partial charge in [0.05, 0.1) is 17.8 Å². The van der Waals surface area contributed by atoms with Crippen LogP contribution in [-0.2, 0) is 16.1 Å². The van der Waals surface area contributed by atoms with E-state index in [0.717, 1.165) is 0 Å². The zero-order chi connectivity index (χ0) is 14.3. The van der Waals surface area contributed by atoms with Gasteiger partial charge in [0.2, 0.25) is 11.8 Å². The van der Waals surface area contributed by atoms with E-state index in [2.05, 4.69) is 15.6 Å². The molecule has 1 aromatic rings. The molecule has 1 heterocycles. The fourth-order valence-corrected chi connectivity index (χ4v) is 1.34. The molecule has 102 valence electrons. The first kappa shape index (κ1) is 14.6. The summed E-state index contributed by atoms with van der Waals surface area (Å²) >= 11 is 0. The minimum absolute atomic E-state index is 0.123. The van der Waals surface area contributed by atoms with E-state index in [1.807, 2.05) is 0 Å². The zero-order valence-electron chi connectivity index (χ0n) is 10.5. The summed E-state index contributed by atoms with van der Waals surface area (Å²) in [6.07, 6.45) is 1.54. The summed E-state index contributed by atoms with van der Waals surface area (Å²) < 4.78 is 0. The molecule has 19 heavy (non-hydrogen) atoms. The molecule has 3 N–H and O–H groups in total. The van der Waals surface area contributed by atoms with Gasteiger partial charge >= 0.3 is 5.97 Å². The highest BCUT2D eigenvalue weighted by atomic mass is 16.4. The highest BCUT2D eigenvalue weighted by Gasteiger charge is 2.06. The number of nitrogens with zero attached hydrogens (tertiary/aromatic N) is 1. The van der Waals surface area contributed by atoms with Crippen molar-refractivity contribution in [2.24, 2.45) is 0 Å². The third-order valence-corrected chi connectivity index (χ3v) is 2.26. The molecule has 0 aliphatic carbocycles. The third kappa shape index (κ3) is 5.62.